The van der Waals surface area contributed by atoms with E-state index >= 15 is 0 Å². The maximum Gasteiger partial charge on any atom is 0.267 e. The number of methoxy groups -OCH3 is 1. The van der Waals surface area contributed by atoms with Gasteiger partial charge in [-0.1, -0.05) is 36.8 Å². The zero-order chi connectivity index (χ0) is 20.7. The van der Waals surface area contributed by atoms with Crippen LogP contribution in [0, 0.1) is 11.8 Å². The van der Waals surface area contributed by atoms with Crippen molar-refractivity contribution in [3.05, 3.63) is 65.5 Å². The van der Waals surface area contributed by atoms with Gasteiger partial charge in [-0.25, -0.2) is 0 Å². The normalized spacial score (nSPS) is 32.5. The first-order chi connectivity index (χ1) is 14.6. The second-order valence-electron chi connectivity index (χ2n) is 9.23. The first-order valence-electron chi connectivity index (χ1n) is 11.2. The van der Waals surface area contributed by atoms with Crippen LogP contribution in [0.3, 0.4) is 0 Å². The Morgan fingerprint density at radius 1 is 1.10 bits per heavy atom. The van der Waals surface area contributed by atoms with Gasteiger partial charge in [0, 0.05) is 44.3 Å². The minimum Gasteiger partial charge on any atom is -0.373 e. The van der Waals surface area contributed by atoms with Crippen molar-refractivity contribution in [2.75, 3.05) is 20.2 Å². The van der Waals surface area contributed by atoms with Gasteiger partial charge in [-0.3, -0.25) is 14.7 Å². The first kappa shape index (κ1) is 22.3. The Kier molecular flexibility index (Phi) is 6.38. The molecule has 5 nitrogen and oxygen atoms in total. The van der Waals surface area contributed by atoms with E-state index in [1.54, 1.807) is 6.20 Å². The van der Waals surface area contributed by atoms with E-state index in [2.05, 4.69) is 40.2 Å². The van der Waals surface area contributed by atoms with Gasteiger partial charge in [-0.15, -0.1) is 12.4 Å². The summed E-state index contributed by atoms with van der Waals surface area (Å²) in [6.45, 7) is 2.10. The predicted molar refractivity (Wildman–Crippen MR) is 123 cm³/mol. The molecule has 2 aliphatic carbocycles. The van der Waals surface area contributed by atoms with Gasteiger partial charge < -0.3 is 10.5 Å². The van der Waals surface area contributed by atoms with Gasteiger partial charge in [-0.05, 0) is 54.9 Å². The molecule has 2 bridgehead atoms. The molecule has 31 heavy (non-hydrogen) atoms. The highest BCUT2D eigenvalue weighted by molar-refractivity contribution is 5.90. The number of carbonyl (C=O) groups excluding carboxylic acids is 1. The van der Waals surface area contributed by atoms with Crippen LogP contribution >= 0.6 is 12.4 Å². The van der Waals surface area contributed by atoms with Crippen LogP contribution in [0.5, 0.6) is 0 Å². The molecule has 6 heteroatoms. The highest BCUT2D eigenvalue weighted by atomic mass is 35.5. The second kappa shape index (κ2) is 8.89. The third kappa shape index (κ3) is 3.67. The summed E-state index contributed by atoms with van der Waals surface area (Å²) < 4.78 is 6.35. The van der Waals surface area contributed by atoms with Gasteiger partial charge in [0.1, 0.15) is 11.3 Å². The average molecular weight is 442 g/mol. The molecule has 1 amide bonds. The number of ether oxygens (including phenoxy) is 1. The monoisotopic (exact) mass is 441 g/mol. The Hall–Kier alpha value is -1.95. The molecule has 0 unspecified atom stereocenters. The molecule has 2 aromatic rings. The standard InChI is InChI=1S/C25H31N3O2.ClH/c1-30-25(18-12-13-27-22(14-18)24(26)29)19-8-5-9-20(25)16-28(15-19)23-11-10-21(23)17-6-3-2-4-7-17;/h2-4,6-7,12-14,19-21,23H,5,8-11,15-16H2,1H3,(H2,26,29);1H/t19-,20+,21-,23+,25+;/m1./s1. The number of amides is 1. The summed E-state index contributed by atoms with van der Waals surface area (Å²) in [5.41, 5.74) is 8.03. The van der Waals surface area contributed by atoms with Gasteiger partial charge >= 0.3 is 0 Å². The van der Waals surface area contributed by atoms with Crippen LogP contribution in [-0.2, 0) is 10.3 Å². The molecule has 166 valence electrons. The van der Waals surface area contributed by atoms with Crippen molar-refractivity contribution in [3.63, 3.8) is 0 Å². The van der Waals surface area contributed by atoms with Gasteiger partial charge in [0.2, 0.25) is 0 Å². The summed E-state index contributed by atoms with van der Waals surface area (Å²) in [5, 5.41) is 0. The number of hydrogen-bond acceptors (Lipinski definition) is 4. The number of nitrogens with two attached hydrogens (primary N) is 1. The van der Waals surface area contributed by atoms with Gasteiger partial charge in [0.05, 0.1) is 0 Å². The number of nitrogens with zero attached hydrogens (tertiary/aromatic N) is 2. The van der Waals surface area contributed by atoms with Crippen LogP contribution in [0.1, 0.15) is 59.6 Å². The zero-order valence-electron chi connectivity index (χ0n) is 18.1. The number of piperidine rings is 1. The smallest absolute Gasteiger partial charge is 0.267 e. The second-order valence-corrected chi connectivity index (χ2v) is 9.23. The van der Waals surface area contributed by atoms with E-state index in [9.17, 15) is 4.79 Å². The van der Waals surface area contributed by atoms with E-state index in [-0.39, 0.29) is 18.0 Å². The van der Waals surface area contributed by atoms with E-state index in [1.807, 2.05) is 19.2 Å². The third-order valence-corrected chi connectivity index (χ3v) is 7.96. The molecule has 0 radical (unpaired) electrons. The van der Waals surface area contributed by atoms with Crippen molar-refractivity contribution in [2.45, 2.75) is 49.7 Å². The van der Waals surface area contributed by atoms with Gasteiger partial charge in [-0.2, -0.15) is 0 Å². The lowest BCUT2D eigenvalue weighted by molar-refractivity contribution is -0.179. The SMILES string of the molecule is CO[C@@]1(c2ccnc(C(N)=O)c2)[C@@H]2CCC[C@H]1CN([C@H]1CC[C@@H]1c1ccccc1)C2.Cl. The molecule has 2 N–H and O–H groups in total. The summed E-state index contributed by atoms with van der Waals surface area (Å²) in [6, 6.07) is 15.5. The highest BCUT2D eigenvalue weighted by Crippen LogP contribution is 2.53. The van der Waals surface area contributed by atoms with Crippen molar-refractivity contribution in [1.29, 1.82) is 0 Å². The fourth-order valence-electron chi connectivity index (χ4n) is 6.48. The Balaban J connectivity index is 0.00000231. The Morgan fingerprint density at radius 3 is 2.39 bits per heavy atom. The first-order valence-corrected chi connectivity index (χ1v) is 11.2. The van der Waals surface area contributed by atoms with E-state index < -0.39 is 5.91 Å². The number of rotatable bonds is 5. The number of pyridine rings is 1. The van der Waals surface area contributed by atoms with Crippen molar-refractivity contribution < 1.29 is 9.53 Å². The summed E-state index contributed by atoms with van der Waals surface area (Å²) in [5.74, 6) is 0.987. The third-order valence-electron chi connectivity index (χ3n) is 7.96. The van der Waals surface area contributed by atoms with Crippen molar-refractivity contribution >= 4 is 18.3 Å². The number of fused-ring (bicyclic) bond motifs is 2. The molecule has 2 saturated carbocycles. The topological polar surface area (TPSA) is 68.5 Å². The van der Waals surface area contributed by atoms with Crippen LogP contribution in [0.15, 0.2) is 48.7 Å². The number of likely N-dealkylation sites (tertiary alicyclic amines) is 1. The lowest BCUT2D eigenvalue weighted by Crippen LogP contribution is -2.62. The molecule has 5 atom stereocenters. The number of carbonyl (C=O) groups is 1. The van der Waals surface area contributed by atoms with Crippen LogP contribution in [-0.4, -0.2) is 42.0 Å². The van der Waals surface area contributed by atoms with E-state index in [0.29, 0.717) is 29.5 Å². The van der Waals surface area contributed by atoms with Crippen LogP contribution in [0.2, 0.25) is 0 Å². The van der Waals surface area contributed by atoms with Crippen LogP contribution in [0.4, 0.5) is 0 Å². The summed E-state index contributed by atoms with van der Waals surface area (Å²) in [4.78, 5) is 18.6. The van der Waals surface area contributed by atoms with Crippen molar-refractivity contribution in [1.82, 2.24) is 9.88 Å². The van der Waals surface area contributed by atoms with Crippen LogP contribution < -0.4 is 5.73 Å². The van der Waals surface area contributed by atoms with Crippen molar-refractivity contribution in [2.24, 2.45) is 17.6 Å². The summed E-state index contributed by atoms with van der Waals surface area (Å²) >= 11 is 0. The lowest BCUT2D eigenvalue weighted by Gasteiger charge is -2.58. The Bertz CT molecular complexity index is 908. The van der Waals surface area contributed by atoms with E-state index in [1.165, 1.54) is 24.8 Å². The maximum absolute atomic E-state index is 11.7. The number of benzene rings is 1. The van der Waals surface area contributed by atoms with Crippen LogP contribution in [0.25, 0.3) is 0 Å². The van der Waals surface area contributed by atoms with E-state index in [0.717, 1.165) is 31.5 Å². The van der Waals surface area contributed by atoms with Crippen molar-refractivity contribution in [3.8, 4) is 0 Å². The molecule has 1 aromatic carbocycles. The molecular formula is C25H32ClN3O2. The average Bonchev–Trinajstić information content (AvgIpc) is 2.73. The lowest BCUT2D eigenvalue weighted by atomic mass is 9.61. The molecular weight excluding hydrogens is 410 g/mol. The minimum absolute atomic E-state index is 0. The maximum atomic E-state index is 11.7. The molecule has 1 aliphatic heterocycles. The van der Waals surface area contributed by atoms with Gasteiger partial charge in [0.25, 0.3) is 5.91 Å². The van der Waals surface area contributed by atoms with E-state index in [4.69, 9.17) is 10.5 Å². The number of aromatic nitrogens is 1. The molecule has 3 fully saturated rings. The molecule has 1 saturated heterocycles. The minimum atomic E-state index is -0.481. The number of hydrogen-bond donors (Lipinski definition) is 1. The predicted octanol–water partition coefficient (Wildman–Crippen LogP) is 4.12. The molecule has 5 rings (SSSR count). The highest BCUT2D eigenvalue weighted by Gasteiger charge is 2.55. The number of primary amides is 1. The quantitative estimate of drug-likeness (QED) is 0.757. The molecule has 2 heterocycles. The largest absolute Gasteiger partial charge is 0.373 e. The zero-order valence-corrected chi connectivity index (χ0v) is 18.9. The molecule has 3 aliphatic rings. The summed E-state index contributed by atoms with van der Waals surface area (Å²) in [6.07, 6.45) is 7.81. The Labute approximate surface area is 190 Å². The molecule has 0 spiro atoms. The fraction of sp³-hybridized carbons (Fsp3) is 0.520. The molecule has 1 aromatic heterocycles. The fourth-order valence-corrected chi connectivity index (χ4v) is 6.48. The van der Waals surface area contributed by atoms with Gasteiger partial charge in [0.15, 0.2) is 0 Å². The summed E-state index contributed by atoms with van der Waals surface area (Å²) in [7, 11) is 1.83. The number of halogens is 1. The Morgan fingerprint density at radius 2 is 1.81 bits per heavy atom.